The molecule has 1 N–H and O–H groups in total. The highest BCUT2D eigenvalue weighted by molar-refractivity contribution is 7.09. The highest BCUT2D eigenvalue weighted by Crippen LogP contribution is 2.11. The van der Waals surface area contributed by atoms with Crippen molar-refractivity contribution >= 4 is 17.3 Å². The van der Waals surface area contributed by atoms with E-state index in [1.54, 1.807) is 23.5 Å². The Morgan fingerprint density at radius 1 is 1.24 bits per heavy atom. The van der Waals surface area contributed by atoms with E-state index >= 15 is 0 Å². The number of thiophene rings is 1. The molecule has 0 radical (unpaired) electrons. The quantitative estimate of drug-likeness (QED) is 0.418. The molecule has 0 bridgehead atoms. The Morgan fingerprint density at radius 3 is 2.72 bits per heavy atom. The molecule has 0 amide bonds. The molecule has 1 aromatic heterocycles. The maximum atomic E-state index is 12.8. The Balaban J connectivity index is 1.58. The molecule has 1 heterocycles. The second kappa shape index (κ2) is 10.7. The molecule has 0 saturated heterocycles. The number of aliphatic imine (C=N–C) groups is 1. The number of hydrogen-bond acceptors (Lipinski definition) is 3. The van der Waals surface area contributed by atoms with E-state index in [1.165, 1.54) is 17.0 Å². The minimum absolute atomic E-state index is 0.244. The van der Waals surface area contributed by atoms with Gasteiger partial charge in [0, 0.05) is 32.1 Å². The number of ether oxygens (including phenoxy) is 1. The fraction of sp³-hybridized carbons (Fsp3) is 0.421. The first-order valence-corrected chi connectivity index (χ1v) is 9.39. The zero-order valence-corrected chi connectivity index (χ0v) is 15.7. The Labute approximate surface area is 153 Å². The molecule has 2 aromatic rings. The van der Waals surface area contributed by atoms with Crippen LogP contribution in [-0.4, -0.2) is 44.7 Å². The molecular weight excluding hydrogens is 337 g/mol. The van der Waals surface area contributed by atoms with Crippen LogP contribution in [-0.2, 0) is 6.42 Å². The first-order chi connectivity index (χ1) is 12.2. The van der Waals surface area contributed by atoms with Crippen LogP contribution in [0.2, 0.25) is 0 Å². The van der Waals surface area contributed by atoms with E-state index in [4.69, 9.17) is 4.74 Å². The van der Waals surface area contributed by atoms with Gasteiger partial charge >= 0.3 is 0 Å². The number of halogens is 1. The second-order valence-electron chi connectivity index (χ2n) is 5.73. The van der Waals surface area contributed by atoms with Gasteiger partial charge in [-0.2, -0.15) is 0 Å². The molecule has 0 unspecified atom stereocenters. The van der Waals surface area contributed by atoms with Gasteiger partial charge in [0.15, 0.2) is 5.96 Å². The zero-order valence-electron chi connectivity index (χ0n) is 14.9. The molecule has 4 nitrogen and oxygen atoms in total. The maximum Gasteiger partial charge on any atom is 0.193 e. The summed E-state index contributed by atoms with van der Waals surface area (Å²) in [5.74, 6) is 1.38. The highest BCUT2D eigenvalue weighted by atomic mass is 32.1. The highest BCUT2D eigenvalue weighted by Gasteiger charge is 2.05. The Hall–Kier alpha value is -2.08. The predicted molar refractivity (Wildman–Crippen MR) is 103 cm³/mol. The van der Waals surface area contributed by atoms with Crippen LogP contribution >= 0.6 is 11.3 Å². The van der Waals surface area contributed by atoms with Gasteiger partial charge in [0.25, 0.3) is 0 Å². The molecular formula is C19H26FN3OS. The molecule has 0 atom stereocenters. The van der Waals surface area contributed by atoms with Crippen molar-refractivity contribution in [2.75, 3.05) is 33.8 Å². The number of rotatable bonds is 9. The van der Waals surface area contributed by atoms with E-state index in [2.05, 4.69) is 39.8 Å². The fourth-order valence-electron chi connectivity index (χ4n) is 2.37. The number of unbranched alkanes of at least 4 members (excludes halogenated alkanes) is 1. The summed E-state index contributed by atoms with van der Waals surface area (Å²) >= 11 is 1.79. The molecule has 25 heavy (non-hydrogen) atoms. The number of nitrogens with zero attached hydrogens (tertiary/aromatic N) is 2. The summed E-state index contributed by atoms with van der Waals surface area (Å²) in [4.78, 5) is 7.87. The second-order valence-corrected chi connectivity index (χ2v) is 6.77. The summed E-state index contributed by atoms with van der Waals surface area (Å²) in [6.07, 6.45) is 2.94. The normalized spacial score (nSPS) is 11.4. The lowest BCUT2D eigenvalue weighted by molar-refractivity contribution is 0.306. The summed E-state index contributed by atoms with van der Waals surface area (Å²) in [5.41, 5.74) is 0. The third kappa shape index (κ3) is 7.13. The summed E-state index contributed by atoms with van der Waals surface area (Å²) < 4.78 is 18.4. The van der Waals surface area contributed by atoms with E-state index < -0.39 is 0 Å². The number of likely N-dealkylation sites (N-methyl/N-ethyl adjacent to an activating group) is 1. The lowest BCUT2D eigenvalue weighted by Crippen LogP contribution is -2.40. The van der Waals surface area contributed by atoms with Gasteiger partial charge in [-0.25, -0.2) is 4.39 Å². The molecule has 0 aliphatic heterocycles. The molecule has 0 fully saturated rings. The topological polar surface area (TPSA) is 36.9 Å². The van der Waals surface area contributed by atoms with Crippen molar-refractivity contribution < 1.29 is 9.13 Å². The van der Waals surface area contributed by atoms with Crippen LogP contribution in [0.15, 0.2) is 46.8 Å². The van der Waals surface area contributed by atoms with Crippen LogP contribution in [0.5, 0.6) is 5.75 Å². The van der Waals surface area contributed by atoms with Gasteiger partial charge in [-0.15, -0.1) is 11.3 Å². The van der Waals surface area contributed by atoms with Crippen molar-refractivity contribution in [3.05, 3.63) is 52.5 Å². The van der Waals surface area contributed by atoms with Gasteiger partial charge in [0.05, 0.1) is 6.61 Å². The zero-order chi connectivity index (χ0) is 17.9. The largest absolute Gasteiger partial charge is 0.494 e. The SMILES string of the molecule is CN=C(NCCCCOc1ccc(F)cc1)N(C)CCc1cccs1. The van der Waals surface area contributed by atoms with Crippen LogP contribution in [0.3, 0.4) is 0 Å². The van der Waals surface area contributed by atoms with Crippen molar-refractivity contribution in [1.82, 2.24) is 10.2 Å². The van der Waals surface area contributed by atoms with Gasteiger partial charge in [0.1, 0.15) is 11.6 Å². The van der Waals surface area contributed by atoms with Gasteiger partial charge in [0.2, 0.25) is 0 Å². The van der Waals surface area contributed by atoms with Crippen LogP contribution in [0.4, 0.5) is 4.39 Å². The smallest absolute Gasteiger partial charge is 0.193 e. The van der Waals surface area contributed by atoms with E-state index in [9.17, 15) is 4.39 Å². The Kier molecular flexibility index (Phi) is 8.25. The molecule has 2 rings (SSSR count). The third-order valence-electron chi connectivity index (χ3n) is 3.78. The van der Waals surface area contributed by atoms with Gasteiger partial charge in [-0.1, -0.05) is 6.07 Å². The molecule has 0 aliphatic rings. The molecule has 6 heteroatoms. The van der Waals surface area contributed by atoms with Crippen molar-refractivity contribution in [1.29, 1.82) is 0 Å². The van der Waals surface area contributed by atoms with E-state index in [1.807, 2.05) is 7.05 Å². The lowest BCUT2D eigenvalue weighted by atomic mass is 10.3. The minimum atomic E-state index is -0.244. The predicted octanol–water partition coefficient (Wildman–Crippen LogP) is 3.80. The summed E-state index contributed by atoms with van der Waals surface area (Å²) in [6, 6.07) is 10.4. The summed E-state index contributed by atoms with van der Waals surface area (Å²) in [6.45, 7) is 2.41. The van der Waals surface area contributed by atoms with E-state index in [-0.39, 0.29) is 5.82 Å². The number of hydrogen-bond donors (Lipinski definition) is 1. The van der Waals surface area contributed by atoms with Crippen LogP contribution in [0, 0.1) is 5.82 Å². The standard InChI is InChI=1S/C19H26FN3OS/c1-21-19(23(2)13-11-18-6-5-15-25-18)22-12-3-4-14-24-17-9-7-16(20)8-10-17/h5-10,15H,3-4,11-14H2,1-2H3,(H,21,22). The van der Waals surface area contributed by atoms with E-state index in [0.29, 0.717) is 12.4 Å². The van der Waals surface area contributed by atoms with Crippen LogP contribution < -0.4 is 10.1 Å². The average Bonchev–Trinajstić information content (AvgIpc) is 3.14. The number of nitrogens with one attached hydrogen (secondary N) is 1. The monoisotopic (exact) mass is 363 g/mol. The van der Waals surface area contributed by atoms with Crippen LogP contribution in [0.25, 0.3) is 0 Å². The van der Waals surface area contributed by atoms with Crippen LogP contribution in [0.1, 0.15) is 17.7 Å². The summed E-state index contributed by atoms with van der Waals surface area (Å²) in [5, 5.41) is 5.49. The fourth-order valence-corrected chi connectivity index (χ4v) is 3.07. The molecule has 1 aromatic carbocycles. The molecule has 0 spiro atoms. The van der Waals surface area contributed by atoms with Crippen molar-refractivity contribution in [3.8, 4) is 5.75 Å². The van der Waals surface area contributed by atoms with Crippen molar-refractivity contribution in [3.63, 3.8) is 0 Å². The summed E-state index contributed by atoms with van der Waals surface area (Å²) in [7, 11) is 3.86. The van der Waals surface area contributed by atoms with Crippen molar-refractivity contribution in [2.24, 2.45) is 4.99 Å². The minimum Gasteiger partial charge on any atom is -0.494 e. The molecule has 0 saturated carbocycles. The Morgan fingerprint density at radius 2 is 2.04 bits per heavy atom. The molecule has 136 valence electrons. The maximum absolute atomic E-state index is 12.8. The first-order valence-electron chi connectivity index (χ1n) is 8.51. The lowest BCUT2D eigenvalue weighted by Gasteiger charge is -2.21. The molecule has 0 aliphatic carbocycles. The average molecular weight is 364 g/mol. The number of benzene rings is 1. The van der Waals surface area contributed by atoms with Gasteiger partial charge < -0.3 is 15.0 Å². The first kappa shape index (κ1) is 19.2. The Bertz CT molecular complexity index is 629. The number of guanidine groups is 1. The van der Waals surface area contributed by atoms with Gasteiger partial charge in [-0.3, -0.25) is 4.99 Å². The van der Waals surface area contributed by atoms with Crippen molar-refractivity contribution in [2.45, 2.75) is 19.3 Å². The van der Waals surface area contributed by atoms with E-state index in [0.717, 1.165) is 38.3 Å². The third-order valence-corrected chi connectivity index (χ3v) is 4.72. The van der Waals surface area contributed by atoms with Gasteiger partial charge in [-0.05, 0) is 55.0 Å².